The zero-order valence-electron chi connectivity index (χ0n) is 9.36. The fourth-order valence-corrected chi connectivity index (χ4v) is 1.72. The van der Waals surface area contributed by atoms with Crippen LogP contribution < -0.4 is 9.64 Å². The van der Waals surface area contributed by atoms with Crippen molar-refractivity contribution in [3.05, 3.63) is 12.3 Å². The van der Waals surface area contributed by atoms with Gasteiger partial charge in [-0.3, -0.25) is 0 Å². The van der Waals surface area contributed by atoms with Crippen LogP contribution in [0, 0.1) is 0 Å². The molecule has 0 bridgehead atoms. The fourth-order valence-electron chi connectivity index (χ4n) is 1.33. The SMILES string of the molecule is CSc1cc(N(C)C)c(OC2CC2)cn1. The Morgan fingerprint density at radius 1 is 1.47 bits per heavy atom. The van der Waals surface area contributed by atoms with Crippen LogP contribution in [-0.4, -0.2) is 31.4 Å². The van der Waals surface area contributed by atoms with E-state index in [4.69, 9.17) is 4.74 Å². The molecule has 0 aromatic carbocycles. The van der Waals surface area contributed by atoms with E-state index in [1.165, 1.54) is 12.8 Å². The first-order valence-electron chi connectivity index (χ1n) is 5.08. The van der Waals surface area contributed by atoms with Gasteiger partial charge in [0.05, 0.1) is 23.0 Å². The minimum atomic E-state index is 0.422. The highest BCUT2D eigenvalue weighted by molar-refractivity contribution is 7.98. The van der Waals surface area contributed by atoms with Crippen LogP contribution in [0.1, 0.15) is 12.8 Å². The van der Waals surface area contributed by atoms with Crippen LogP contribution in [0.2, 0.25) is 0 Å². The van der Waals surface area contributed by atoms with E-state index in [0.717, 1.165) is 16.5 Å². The minimum absolute atomic E-state index is 0.422. The lowest BCUT2D eigenvalue weighted by molar-refractivity contribution is 0.302. The third-order valence-corrected chi connectivity index (χ3v) is 2.97. The van der Waals surface area contributed by atoms with Crippen molar-refractivity contribution in [3.63, 3.8) is 0 Å². The van der Waals surface area contributed by atoms with E-state index < -0.39 is 0 Å². The fraction of sp³-hybridized carbons (Fsp3) is 0.545. The highest BCUT2D eigenvalue weighted by atomic mass is 32.2. The topological polar surface area (TPSA) is 25.4 Å². The van der Waals surface area contributed by atoms with Crippen molar-refractivity contribution in [1.82, 2.24) is 4.98 Å². The second kappa shape index (κ2) is 4.31. The molecule has 0 atom stereocenters. The average molecular weight is 224 g/mol. The summed E-state index contributed by atoms with van der Waals surface area (Å²) in [5.74, 6) is 0.903. The van der Waals surface area contributed by atoms with Gasteiger partial charge in [-0.05, 0) is 25.2 Å². The number of ether oxygens (including phenoxy) is 1. The third-order valence-electron chi connectivity index (χ3n) is 2.33. The van der Waals surface area contributed by atoms with Crippen LogP contribution in [0.15, 0.2) is 17.3 Å². The summed E-state index contributed by atoms with van der Waals surface area (Å²) in [4.78, 5) is 6.40. The lowest BCUT2D eigenvalue weighted by Crippen LogP contribution is -2.12. The molecular weight excluding hydrogens is 208 g/mol. The molecule has 1 aromatic heterocycles. The van der Waals surface area contributed by atoms with E-state index in [2.05, 4.69) is 16.0 Å². The second-order valence-electron chi connectivity index (χ2n) is 3.91. The number of pyridine rings is 1. The molecule has 15 heavy (non-hydrogen) atoms. The van der Waals surface area contributed by atoms with E-state index in [9.17, 15) is 0 Å². The number of hydrogen-bond acceptors (Lipinski definition) is 4. The lowest BCUT2D eigenvalue weighted by atomic mass is 10.3. The molecule has 1 heterocycles. The molecule has 1 fully saturated rings. The van der Waals surface area contributed by atoms with Crippen molar-refractivity contribution in [1.29, 1.82) is 0 Å². The third kappa shape index (κ3) is 2.56. The van der Waals surface area contributed by atoms with Crippen molar-refractivity contribution in [2.45, 2.75) is 24.0 Å². The van der Waals surface area contributed by atoms with Gasteiger partial charge < -0.3 is 9.64 Å². The van der Waals surface area contributed by atoms with Crippen molar-refractivity contribution in [2.24, 2.45) is 0 Å². The maximum atomic E-state index is 5.80. The molecular formula is C11H16N2OS. The predicted molar refractivity (Wildman–Crippen MR) is 64.0 cm³/mol. The molecule has 3 nitrogen and oxygen atoms in total. The van der Waals surface area contributed by atoms with Crippen LogP contribution in [0.25, 0.3) is 0 Å². The van der Waals surface area contributed by atoms with Crippen LogP contribution in [0.4, 0.5) is 5.69 Å². The number of hydrogen-bond donors (Lipinski definition) is 0. The Labute approximate surface area is 94.8 Å². The Kier molecular flexibility index (Phi) is 3.05. The molecule has 0 spiro atoms. The summed E-state index contributed by atoms with van der Waals surface area (Å²) in [5.41, 5.74) is 1.11. The van der Waals surface area contributed by atoms with Crippen molar-refractivity contribution in [2.75, 3.05) is 25.3 Å². The standard InChI is InChI=1S/C11H16N2OS/c1-13(2)9-6-11(15-3)12-7-10(9)14-8-4-5-8/h6-8H,4-5H2,1-3H3. The van der Waals surface area contributed by atoms with Gasteiger partial charge in [-0.2, -0.15) is 0 Å². The van der Waals surface area contributed by atoms with Gasteiger partial charge in [-0.25, -0.2) is 4.98 Å². The van der Waals surface area contributed by atoms with Gasteiger partial charge in [0.15, 0.2) is 5.75 Å². The van der Waals surface area contributed by atoms with Gasteiger partial charge in [0.2, 0.25) is 0 Å². The number of aromatic nitrogens is 1. The van der Waals surface area contributed by atoms with Gasteiger partial charge in [-0.1, -0.05) is 0 Å². The van der Waals surface area contributed by atoms with Crippen molar-refractivity contribution < 1.29 is 4.74 Å². The van der Waals surface area contributed by atoms with E-state index in [-0.39, 0.29) is 0 Å². The summed E-state index contributed by atoms with van der Waals surface area (Å²) in [6.07, 6.45) is 6.64. The Morgan fingerprint density at radius 3 is 2.73 bits per heavy atom. The zero-order valence-corrected chi connectivity index (χ0v) is 10.2. The molecule has 0 aliphatic heterocycles. The summed E-state index contributed by atoms with van der Waals surface area (Å²) in [7, 11) is 4.05. The zero-order chi connectivity index (χ0) is 10.8. The Balaban J connectivity index is 2.25. The maximum absolute atomic E-state index is 5.80. The van der Waals surface area contributed by atoms with Gasteiger partial charge in [-0.15, -0.1) is 11.8 Å². The predicted octanol–water partition coefficient (Wildman–Crippen LogP) is 2.41. The maximum Gasteiger partial charge on any atom is 0.161 e. The molecule has 1 aliphatic rings. The molecule has 0 saturated heterocycles. The van der Waals surface area contributed by atoms with E-state index in [1.807, 2.05) is 26.5 Å². The number of rotatable bonds is 4. The smallest absolute Gasteiger partial charge is 0.161 e. The summed E-state index contributed by atoms with van der Waals surface area (Å²) in [6, 6.07) is 2.07. The summed E-state index contributed by atoms with van der Waals surface area (Å²) < 4.78 is 5.80. The van der Waals surface area contributed by atoms with Crippen LogP contribution in [0.5, 0.6) is 5.75 Å². The van der Waals surface area contributed by atoms with Crippen molar-refractivity contribution >= 4 is 17.4 Å². The number of anilines is 1. The molecule has 0 amide bonds. The first kappa shape index (κ1) is 10.6. The van der Waals surface area contributed by atoms with E-state index in [1.54, 1.807) is 11.8 Å². The molecule has 82 valence electrons. The second-order valence-corrected chi connectivity index (χ2v) is 4.73. The van der Waals surface area contributed by atoms with Gasteiger partial charge in [0.1, 0.15) is 0 Å². The number of nitrogens with zero attached hydrogens (tertiary/aromatic N) is 2. The van der Waals surface area contributed by atoms with E-state index >= 15 is 0 Å². The van der Waals surface area contributed by atoms with E-state index in [0.29, 0.717) is 6.10 Å². The lowest BCUT2D eigenvalue weighted by Gasteiger charge is -2.17. The highest BCUT2D eigenvalue weighted by Gasteiger charge is 2.25. The van der Waals surface area contributed by atoms with Crippen LogP contribution >= 0.6 is 11.8 Å². The summed E-state index contributed by atoms with van der Waals surface area (Å²) in [6.45, 7) is 0. The highest BCUT2D eigenvalue weighted by Crippen LogP contribution is 2.34. The summed E-state index contributed by atoms with van der Waals surface area (Å²) in [5, 5.41) is 1.03. The van der Waals surface area contributed by atoms with Gasteiger partial charge in [0.25, 0.3) is 0 Å². The molecule has 0 N–H and O–H groups in total. The average Bonchev–Trinajstić information content (AvgIpc) is 3.02. The normalized spacial score (nSPS) is 15.1. The minimum Gasteiger partial charge on any atom is -0.487 e. The molecule has 0 radical (unpaired) electrons. The Hall–Kier alpha value is -0.900. The van der Waals surface area contributed by atoms with Crippen molar-refractivity contribution in [3.8, 4) is 5.75 Å². The van der Waals surface area contributed by atoms with Gasteiger partial charge >= 0.3 is 0 Å². The van der Waals surface area contributed by atoms with Crippen LogP contribution in [-0.2, 0) is 0 Å². The monoisotopic (exact) mass is 224 g/mol. The van der Waals surface area contributed by atoms with Gasteiger partial charge in [0, 0.05) is 14.1 Å². The first-order chi connectivity index (χ1) is 7.20. The largest absolute Gasteiger partial charge is 0.487 e. The Bertz CT molecular complexity index is 350. The number of thioether (sulfide) groups is 1. The Morgan fingerprint density at radius 2 is 2.20 bits per heavy atom. The molecule has 1 aromatic rings. The molecule has 2 rings (SSSR count). The van der Waals surface area contributed by atoms with Crippen LogP contribution in [0.3, 0.4) is 0 Å². The molecule has 1 saturated carbocycles. The summed E-state index contributed by atoms with van der Waals surface area (Å²) >= 11 is 1.65. The molecule has 1 aliphatic carbocycles. The molecule has 0 unspecified atom stereocenters. The first-order valence-corrected chi connectivity index (χ1v) is 6.31. The quantitative estimate of drug-likeness (QED) is 0.733. The molecule has 4 heteroatoms.